The van der Waals surface area contributed by atoms with Crippen molar-refractivity contribution in [2.24, 2.45) is 5.92 Å². The molecular weight excluding hydrogens is 332 g/mol. The second-order valence-corrected chi connectivity index (χ2v) is 7.96. The first-order valence-corrected chi connectivity index (χ1v) is 9.64. The van der Waals surface area contributed by atoms with Crippen LogP contribution in [0.1, 0.15) is 36.4 Å². The van der Waals surface area contributed by atoms with Crippen LogP contribution in [0.25, 0.3) is 0 Å². The van der Waals surface area contributed by atoms with E-state index in [4.69, 9.17) is 4.74 Å². The predicted octanol–water partition coefficient (Wildman–Crippen LogP) is 5.53. The van der Waals surface area contributed by atoms with E-state index in [0.29, 0.717) is 24.5 Å². The van der Waals surface area contributed by atoms with Crippen LogP contribution in [0.3, 0.4) is 0 Å². The highest BCUT2D eigenvalue weighted by molar-refractivity contribution is 5.62. The maximum atomic E-state index is 5.87. The summed E-state index contributed by atoms with van der Waals surface area (Å²) >= 11 is 0. The van der Waals surface area contributed by atoms with Crippen molar-refractivity contribution in [3.63, 3.8) is 0 Å². The average molecular weight is 361 g/mol. The number of ether oxygens (including phenoxy) is 1. The topological polar surface area (TPSA) is 24.5 Å². The zero-order chi connectivity index (χ0) is 19.0. The summed E-state index contributed by atoms with van der Waals surface area (Å²) in [5, 5.41) is 3.80. The van der Waals surface area contributed by atoms with Crippen molar-refractivity contribution < 1.29 is 4.74 Å². The molecule has 0 saturated heterocycles. The molecule has 0 bridgehead atoms. The van der Waals surface area contributed by atoms with E-state index in [1.54, 1.807) is 0 Å². The molecule has 1 N–H and O–H groups in total. The number of rotatable bonds is 5. The molecular formula is C24H28N2O. The van der Waals surface area contributed by atoms with Crippen molar-refractivity contribution in [3.8, 4) is 5.75 Å². The van der Waals surface area contributed by atoms with Crippen LogP contribution in [0.15, 0.2) is 66.8 Å². The van der Waals surface area contributed by atoms with Crippen molar-refractivity contribution in [1.82, 2.24) is 0 Å². The van der Waals surface area contributed by atoms with Gasteiger partial charge in [0.1, 0.15) is 12.4 Å². The number of hydrogen-bond donors (Lipinski definition) is 1. The molecule has 27 heavy (non-hydrogen) atoms. The van der Waals surface area contributed by atoms with Gasteiger partial charge in [-0.2, -0.15) is 0 Å². The fourth-order valence-corrected chi connectivity index (χ4v) is 4.18. The fourth-order valence-electron chi connectivity index (χ4n) is 4.18. The molecule has 0 spiro atoms. The Morgan fingerprint density at radius 2 is 1.96 bits per heavy atom. The van der Waals surface area contributed by atoms with Gasteiger partial charge in [-0.3, -0.25) is 0 Å². The second kappa shape index (κ2) is 7.15. The zero-order valence-electron chi connectivity index (χ0n) is 16.4. The normalized spacial score (nSPS) is 22.6. The van der Waals surface area contributed by atoms with Gasteiger partial charge in [0.05, 0.1) is 6.04 Å². The fraction of sp³-hybridized carbons (Fsp3) is 0.333. The Morgan fingerprint density at radius 1 is 1.19 bits per heavy atom. The summed E-state index contributed by atoms with van der Waals surface area (Å²) in [4.78, 5) is 2.14. The Balaban J connectivity index is 1.63. The summed E-state index contributed by atoms with van der Waals surface area (Å²) in [7, 11) is 4.16. The smallest absolute Gasteiger partial charge is 0.120 e. The highest BCUT2D eigenvalue weighted by atomic mass is 16.5. The van der Waals surface area contributed by atoms with Gasteiger partial charge in [0.2, 0.25) is 0 Å². The minimum absolute atomic E-state index is 0.330. The van der Waals surface area contributed by atoms with Crippen molar-refractivity contribution in [2.75, 3.05) is 30.9 Å². The summed E-state index contributed by atoms with van der Waals surface area (Å²) in [6.45, 7) is 6.47. The van der Waals surface area contributed by atoms with Gasteiger partial charge in [-0.05, 0) is 66.3 Å². The molecule has 2 aliphatic rings. The Hall–Kier alpha value is -2.68. The van der Waals surface area contributed by atoms with Gasteiger partial charge >= 0.3 is 0 Å². The number of nitrogens with one attached hydrogen (secondary N) is 1. The second-order valence-electron chi connectivity index (χ2n) is 7.96. The lowest BCUT2D eigenvalue weighted by Crippen LogP contribution is -2.29. The third kappa shape index (κ3) is 3.46. The number of hydrogen-bond acceptors (Lipinski definition) is 3. The largest absolute Gasteiger partial charge is 0.489 e. The number of nitrogens with zero attached hydrogens (tertiary/aromatic N) is 1. The predicted molar refractivity (Wildman–Crippen MR) is 114 cm³/mol. The van der Waals surface area contributed by atoms with E-state index in [1.165, 1.54) is 22.5 Å². The van der Waals surface area contributed by atoms with Gasteiger partial charge in [0.25, 0.3) is 0 Å². The van der Waals surface area contributed by atoms with E-state index in [2.05, 4.69) is 85.5 Å². The van der Waals surface area contributed by atoms with Crippen LogP contribution < -0.4 is 15.0 Å². The lowest BCUT2D eigenvalue weighted by molar-refractivity contribution is 0.350. The van der Waals surface area contributed by atoms with Gasteiger partial charge in [0.15, 0.2) is 0 Å². The van der Waals surface area contributed by atoms with Gasteiger partial charge in [-0.15, -0.1) is 0 Å². The maximum absolute atomic E-state index is 5.87. The standard InChI is InChI=1S/C24H28N2O/c1-16(2)15-27-19-12-13-23-22(14-19)20-6-5-7-21(20)24(25-23)17-8-10-18(11-9-17)26(3)4/h5-6,8-14,20-21,24-25H,1,7,15H2,2-4H3. The molecule has 3 unspecified atom stereocenters. The summed E-state index contributed by atoms with van der Waals surface area (Å²) < 4.78 is 5.87. The molecule has 1 aliphatic carbocycles. The first-order valence-electron chi connectivity index (χ1n) is 9.64. The molecule has 0 fully saturated rings. The number of benzene rings is 2. The summed E-state index contributed by atoms with van der Waals surface area (Å²) in [5.41, 5.74) is 6.18. The van der Waals surface area contributed by atoms with E-state index >= 15 is 0 Å². The molecule has 3 heteroatoms. The average Bonchev–Trinajstić information content (AvgIpc) is 3.16. The molecule has 0 amide bonds. The monoisotopic (exact) mass is 360 g/mol. The summed E-state index contributed by atoms with van der Waals surface area (Å²) in [5.74, 6) is 1.90. The SMILES string of the molecule is C=C(C)COc1ccc2c(c1)C1C=CCC1C(c1ccc(N(C)C)cc1)N2. The van der Waals surface area contributed by atoms with Crippen molar-refractivity contribution >= 4 is 11.4 Å². The van der Waals surface area contributed by atoms with Crippen LogP contribution in [0.4, 0.5) is 11.4 Å². The summed E-state index contributed by atoms with van der Waals surface area (Å²) in [6.07, 6.45) is 5.80. The van der Waals surface area contributed by atoms with Crippen molar-refractivity contribution in [2.45, 2.75) is 25.3 Å². The molecule has 2 aromatic rings. The number of allylic oxidation sites excluding steroid dienone is 2. The van der Waals surface area contributed by atoms with Gasteiger partial charge in [0, 0.05) is 31.4 Å². The molecule has 3 nitrogen and oxygen atoms in total. The van der Waals surface area contributed by atoms with Crippen molar-refractivity contribution in [1.29, 1.82) is 0 Å². The van der Waals surface area contributed by atoms with Gasteiger partial charge in [-0.25, -0.2) is 0 Å². The van der Waals surface area contributed by atoms with Crippen LogP contribution in [-0.2, 0) is 0 Å². The zero-order valence-corrected chi connectivity index (χ0v) is 16.4. The van der Waals surface area contributed by atoms with Gasteiger partial charge in [-0.1, -0.05) is 30.9 Å². The minimum Gasteiger partial charge on any atom is -0.489 e. The van der Waals surface area contributed by atoms with E-state index in [-0.39, 0.29) is 0 Å². The Morgan fingerprint density at radius 3 is 2.67 bits per heavy atom. The van der Waals surface area contributed by atoms with Crippen LogP contribution in [-0.4, -0.2) is 20.7 Å². The number of fused-ring (bicyclic) bond motifs is 3. The molecule has 0 radical (unpaired) electrons. The lowest BCUT2D eigenvalue weighted by Gasteiger charge is -2.37. The van der Waals surface area contributed by atoms with Gasteiger partial charge < -0.3 is 15.0 Å². The molecule has 4 rings (SSSR count). The Kier molecular flexibility index (Phi) is 4.69. The third-order valence-corrected chi connectivity index (χ3v) is 5.59. The Bertz CT molecular complexity index is 866. The maximum Gasteiger partial charge on any atom is 0.120 e. The Labute approximate surface area is 162 Å². The molecule has 140 valence electrons. The highest BCUT2D eigenvalue weighted by Crippen LogP contribution is 2.50. The van der Waals surface area contributed by atoms with Crippen LogP contribution >= 0.6 is 0 Å². The minimum atomic E-state index is 0.330. The van der Waals surface area contributed by atoms with E-state index in [1.807, 2.05) is 6.92 Å². The third-order valence-electron chi connectivity index (χ3n) is 5.59. The number of anilines is 2. The van der Waals surface area contributed by atoms with E-state index in [0.717, 1.165) is 17.7 Å². The quantitative estimate of drug-likeness (QED) is 0.709. The van der Waals surface area contributed by atoms with E-state index < -0.39 is 0 Å². The summed E-state index contributed by atoms with van der Waals surface area (Å²) in [6, 6.07) is 15.7. The first kappa shape index (κ1) is 17.7. The van der Waals surface area contributed by atoms with Crippen LogP contribution in [0.5, 0.6) is 5.75 Å². The lowest BCUT2D eigenvalue weighted by atomic mass is 9.77. The molecule has 2 aromatic carbocycles. The van der Waals surface area contributed by atoms with Crippen LogP contribution in [0.2, 0.25) is 0 Å². The molecule has 1 aliphatic heterocycles. The first-order chi connectivity index (χ1) is 13.0. The van der Waals surface area contributed by atoms with E-state index in [9.17, 15) is 0 Å². The molecule has 1 heterocycles. The van der Waals surface area contributed by atoms with Crippen molar-refractivity contribution in [3.05, 3.63) is 77.9 Å². The van der Waals surface area contributed by atoms with Crippen LogP contribution in [0, 0.1) is 5.92 Å². The molecule has 0 saturated carbocycles. The highest BCUT2D eigenvalue weighted by Gasteiger charge is 2.38. The molecule has 0 aromatic heterocycles. The molecule has 3 atom stereocenters.